The van der Waals surface area contributed by atoms with E-state index in [1.807, 2.05) is 37.3 Å². The molecular formula is C17H22N4O3. The third-order valence-corrected chi connectivity index (χ3v) is 3.93. The van der Waals surface area contributed by atoms with Gasteiger partial charge in [0.2, 0.25) is 5.91 Å². The number of nitrogens with zero attached hydrogens (tertiary/aromatic N) is 3. The van der Waals surface area contributed by atoms with Gasteiger partial charge in [-0.3, -0.25) is 9.89 Å². The van der Waals surface area contributed by atoms with Crippen molar-refractivity contribution in [2.24, 2.45) is 0 Å². The zero-order chi connectivity index (χ0) is 16.8. The number of ether oxygens (including phenoxy) is 2. The summed E-state index contributed by atoms with van der Waals surface area (Å²) in [7, 11) is 0. The molecule has 1 amide bonds. The first kappa shape index (κ1) is 16.6. The lowest BCUT2D eigenvalue weighted by atomic mass is 10.2. The van der Waals surface area contributed by atoms with Crippen LogP contribution in [-0.2, 0) is 27.3 Å². The fourth-order valence-corrected chi connectivity index (χ4v) is 2.57. The van der Waals surface area contributed by atoms with Gasteiger partial charge in [0, 0.05) is 13.0 Å². The first-order chi connectivity index (χ1) is 11.8. The Hall–Kier alpha value is -2.25. The summed E-state index contributed by atoms with van der Waals surface area (Å²) in [4.78, 5) is 18.5. The fraction of sp³-hybridized carbons (Fsp3) is 0.471. The Labute approximate surface area is 141 Å². The maximum atomic E-state index is 12.3. The number of amides is 1. The van der Waals surface area contributed by atoms with Gasteiger partial charge in [0.25, 0.3) is 0 Å². The van der Waals surface area contributed by atoms with Crippen molar-refractivity contribution in [2.75, 3.05) is 26.3 Å². The van der Waals surface area contributed by atoms with Crippen molar-refractivity contribution in [1.82, 2.24) is 20.1 Å². The summed E-state index contributed by atoms with van der Waals surface area (Å²) in [5.41, 5.74) is 1.05. The van der Waals surface area contributed by atoms with Gasteiger partial charge in [-0.1, -0.05) is 37.3 Å². The molecule has 7 heteroatoms. The largest absolute Gasteiger partial charge is 0.367 e. The molecule has 0 radical (unpaired) electrons. The maximum absolute atomic E-state index is 12.3. The second-order valence-corrected chi connectivity index (χ2v) is 5.67. The van der Waals surface area contributed by atoms with Crippen LogP contribution in [0.1, 0.15) is 30.2 Å². The van der Waals surface area contributed by atoms with Gasteiger partial charge in [-0.25, -0.2) is 4.98 Å². The van der Waals surface area contributed by atoms with E-state index >= 15 is 0 Å². The van der Waals surface area contributed by atoms with Crippen molar-refractivity contribution in [3.63, 3.8) is 0 Å². The molecule has 2 heterocycles. The van der Waals surface area contributed by atoms with Crippen molar-refractivity contribution >= 4 is 5.91 Å². The molecule has 24 heavy (non-hydrogen) atoms. The van der Waals surface area contributed by atoms with Crippen molar-refractivity contribution < 1.29 is 14.3 Å². The minimum absolute atomic E-state index is 0.0366. The van der Waals surface area contributed by atoms with E-state index in [1.165, 1.54) is 0 Å². The van der Waals surface area contributed by atoms with Gasteiger partial charge in [-0.2, -0.15) is 5.10 Å². The number of rotatable bonds is 6. The van der Waals surface area contributed by atoms with Crippen LogP contribution in [0, 0.1) is 0 Å². The Bertz CT molecular complexity index is 659. The molecule has 1 aromatic heterocycles. The summed E-state index contributed by atoms with van der Waals surface area (Å²) < 4.78 is 11.2. The molecule has 0 aliphatic carbocycles. The van der Waals surface area contributed by atoms with Crippen LogP contribution in [0.2, 0.25) is 0 Å². The summed E-state index contributed by atoms with van der Waals surface area (Å²) in [6.07, 6.45) is 0.503. The number of hydrogen-bond acceptors (Lipinski definition) is 5. The molecule has 2 aromatic rings. The predicted octanol–water partition coefficient (Wildman–Crippen LogP) is 1.48. The first-order valence-electron chi connectivity index (χ1n) is 8.18. The highest BCUT2D eigenvalue weighted by Gasteiger charge is 2.28. The van der Waals surface area contributed by atoms with E-state index in [-0.39, 0.29) is 18.6 Å². The molecule has 128 valence electrons. The Balaban J connectivity index is 1.49. The molecule has 7 nitrogen and oxygen atoms in total. The van der Waals surface area contributed by atoms with Crippen LogP contribution >= 0.6 is 0 Å². The molecule has 0 spiro atoms. The molecular weight excluding hydrogens is 308 g/mol. The van der Waals surface area contributed by atoms with Crippen LogP contribution in [0.4, 0.5) is 0 Å². The normalized spacial score (nSPS) is 17.9. The minimum atomic E-state index is -0.284. The molecule has 1 fully saturated rings. The second kappa shape index (κ2) is 8.03. The summed E-state index contributed by atoms with van der Waals surface area (Å²) in [6, 6.07) is 9.81. The third kappa shape index (κ3) is 4.18. The second-order valence-electron chi connectivity index (χ2n) is 5.67. The quantitative estimate of drug-likeness (QED) is 0.868. The number of carbonyl (C=O) groups excluding carboxylic acids is 1. The van der Waals surface area contributed by atoms with Gasteiger partial charge >= 0.3 is 0 Å². The molecule has 1 unspecified atom stereocenters. The molecule has 3 rings (SSSR count). The van der Waals surface area contributed by atoms with Crippen molar-refractivity contribution in [2.45, 2.75) is 26.1 Å². The van der Waals surface area contributed by atoms with Crippen LogP contribution in [-0.4, -0.2) is 52.3 Å². The number of aromatic amines is 1. The first-order valence-corrected chi connectivity index (χ1v) is 8.18. The summed E-state index contributed by atoms with van der Waals surface area (Å²) in [5, 5.41) is 7.06. The Morgan fingerprint density at radius 1 is 1.42 bits per heavy atom. The predicted molar refractivity (Wildman–Crippen MR) is 87.1 cm³/mol. The zero-order valence-electron chi connectivity index (χ0n) is 13.8. The van der Waals surface area contributed by atoms with Gasteiger partial charge < -0.3 is 14.4 Å². The number of H-pyrrole nitrogens is 1. The number of morpholine rings is 1. The molecule has 1 aliphatic heterocycles. The maximum Gasteiger partial charge on any atom is 0.248 e. The molecule has 1 N–H and O–H groups in total. The molecule has 1 aromatic carbocycles. The topological polar surface area (TPSA) is 80.3 Å². The number of aryl methyl sites for hydroxylation is 1. The highest BCUT2D eigenvalue weighted by atomic mass is 16.5. The highest BCUT2D eigenvalue weighted by Crippen LogP contribution is 2.19. The lowest BCUT2D eigenvalue weighted by molar-refractivity contribution is -0.144. The molecule has 1 saturated heterocycles. The lowest BCUT2D eigenvalue weighted by Gasteiger charge is -2.31. The number of aromatic nitrogens is 3. The smallest absolute Gasteiger partial charge is 0.248 e. The van der Waals surface area contributed by atoms with Gasteiger partial charge in [0.05, 0.1) is 19.8 Å². The molecule has 0 saturated carbocycles. The van der Waals surface area contributed by atoms with Crippen LogP contribution < -0.4 is 0 Å². The van der Waals surface area contributed by atoms with Crippen molar-refractivity contribution in [1.29, 1.82) is 0 Å². The summed E-state index contributed by atoms with van der Waals surface area (Å²) >= 11 is 0. The molecule has 0 bridgehead atoms. The monoisotopic (exact) mass is 330 g/mol. The Kier molecular flexibility index (Phi) is 5.55. The number of hydrogen-bond donors (Lipinski definition) is 1. The Morgan fingerprint density at radius 3 is 3.00 bits per heavy atom. The lowest BCUT2D eigenvalue weighted by Crippen LogP contribution is -2.44. The van der Waals surface area contributed by atoms with Crippen LogP contribution in [0.5, 0.6) is 0 Å². The van der Waals surface area contributed by atoms with E-state index in [4.69, 9.17) is 9.47 Å². The average molecular weight is 330 g/mol. The van der Waals surface area contributed by atoms with Crippen LogP contribution in [0.25, 0.3) is 0 Å². The van der Waals surface area contributed by atoms with Gasteiger partial charge in [-0.05, 0) is 5.56 Å². The minimum Gasteiger partial charge on any atom is -0.367 e. The highest BCUT2D eigenvalue weighted by molar-refractivity contribution is 5.77. The van der Waals surface area contributed by atoms with Gasteiger partial charge in [0.15, 0.2) is 5.82 Å². The molecule has 1 atom stereocenters. The summed E-state index contributed by atoms with van der Waals surface area (Å²) in [6.45, 7) is 4.00. The van der Waals surface area contributed by atoms with E-state index < -0.39 is 0 Å². The number of carbonyl (C=O) groups is 1. The van der Waals surface area contributed by atoms with Crippen LogP contribution in [0.3, 0.4) is 0 Å². The number of benzene rings is 1. The number of nitrogens with one attached hydrogen (secondary N) is 1. The average Bonchev–Trinajstić information content (AvgIpc) is 3.12. The van der Waals surface area contributed by atoms with Crippen molar-refractivity contribution in [3.05, 3.63) is 47.5 Å². The Morgan fingerprint density at radius 2 is 2.25 bits per heavy atom. The zero-order valence-corrected chi connectivity index (χ0v) is 13.8. The van der Waals surface area contributed by atoms with Crippen molar-refractivity contribution in [3.8, 4) is 0 Å². The molecule has 1 aliphatic rings. The van der Waals surface area contributed by atoms with E-state index in [0.29, 0.717) is 32.1 Å². The van der Waals surface area contributed by atoms with Crippen LogP contribution in [0.15, 0.2) is 30.3 Å². The van der Waals surface area contributed by atoms with E-state index in [2.05, 4.69) is 15.2 Å². The van der Waals surface area contributed by atoms with Gasteiger partial charge in [-0.15, -0.1) is 0 Å². The summed E-state index contributed by atoms with van der Waals surface area (Å²) in [5.74, 6) is 1.39. The van der Waals surface area contributed by atoms with E-state index in [1.54, 1.807) is 4.90 Å². The SMILES string of the molecule is CCc1nc(C2CN(C(=O)COCc3ccccc3)CCO2)n[nH]1. The van der Waals surface area contributed by atoms with Gasteiger partial charge in [0.1, 0.15) is 18.5 Å². The van der Waals surface area contributed by atoms with E-state index in [9.17, 15) is 4.79 Å². The van der Waals surface area contributed by atoms with E-state index in [0.717, 1.165) is 17.8 Å². The standard InChI is InChI=1S/C17H22N4O3/c1-2-15-18-17(20-19-15)14-10-21(8-9-24-14)16(22)12-23-11-13-6-4-3-5-7-13/h3-7,14H,2,8-12H2,1H3,(H,18,19,20). The third-order valence-electron chi connectivity index (χ3n) is 3.93. The fourth-order valence-electron chi connectivity index (χ4n) is 2.57.